The minimum atomic E-state index is -4.68. The highest BCUT2D eigenvalue weighted by atomic mass is 32.2. The van der Waals surface area contributed by atoms with E-state index in [1.165, 1.54) is 30.9 Å². The molecule has 0 saturated carbocycles. The summed E-state index contributed by atoms with van der Waals surface area (Å²) < 4.78 is 67.7. The molecule has 0 aliphatic rings. The molecule has 0 bridgehead atoms. The van der Waals surface area contributed by atoms with Gasteiger partial charge in [-0.2, -0.15) is 18.3 Å². The fraction of sp³-hybridized carbons (Fsp3) is 0.350. The highest BCUT2D eigenvalue weighted by molar-refractivity contribution is 7.91. The number of aryl methyl sites for hydroxylation is 1. The Morgan fingerprint density at radius 2 is 1.94 bits per heavy atom. The van der Waals surface area contributed by atoms with Crippen LogP contribution in [0.1, 0.15) is 36.8 Å². The number of nitrogens with zero attached hydrogens (tertiary/aromatic N) is 6. The minimum absolute atomic E-state index is 0.00972. The summed E-state index contributed by atoms with van der Waals surface area (Å²) in [6, 6.07) is 0.781. The zero-order valence-electron chi connectivity index (χ0n) is 19.0. The normalized spacial score (nSPS) is 12.7. The standard InChI is InChI=1S/C20H20F3N7O4S/c1-5-35(32,33)19-15(16-25-7-11(9-30(16)27-19)18(31)28-34-10(2)3)17-26-12-6-14(20(21,22)23)24-8-13(12)29(17)4/h6-10H,5H2,1-4H3,(H,28,31). The summed E-state index contributed by atoms with van der Waals surface area (Å²) in [5, 5.41) is 3.76. The second-order valence-corrected chi connectivity index (χ2v) is 10.0. The van der Waals surface area contributed by atoms with Gasteiger partial charge in [0.1, 0.15) is 17.1 Å². The summed E-state index contributed by atoms with van der Waals surface area (Å²) in [5.74, 6) is -0.905. The van der Waals surface area contributed by atoms with E-state index in [1.807, 2.05) is 0 Å². The molecule has 1 amide bonds. The first-order chi connectivity index (χ1) is 16.3. The fourth-order valence-electron chi connectivity index (χ4n) is 3.28. The van der Waals surface area contributed by atoms with Crippen molar-refractivity contribution in [3.63, 3.8) is 0 Å². The Bertz CT molecular complexity index is 1560. The first-order valence-corrected chi connectivity index (χ1v) is 12.0. The van der Waals surface area contributed by atoms with Gasteiger partial charge in [-0.3, -0.25) is 9.63 Å². The molecule has 0 aromatic carbocycles. The lowest BCUT2D eigenvalue weighted by atomic mass is 10.3. The molecule has 4 rings (SSSR count). The maximum Gasteiger partial charge on any atom is 0.433 e. The maximum absolute atomic E-state index is 13.1. The van der Waals surface area contributed by atoms with Crippen LogP contribution >= 0.6 is 0 Å². The van der Waals surface area contributed by atoms with Crippen molar-refractivity contribution in [1.29, 1.82) is 0 Å². The van der Waals surface area contributed by atoms with Gasteiger partial charge in [0.25, 0.3) is 5.91 Å². The first kappa shape index (κ1) is 24.5. The number of carbonyl (C=O) groups excluding carboxylic acids is 1. The van der Waals surface area contributed by atoms with Gasteiger partial charge in [0.05, 0.1) is 34.7 Å². The van der Waals surface area contributed by atoms with Crippen LogP contribution in [-0.4, -0.2) is 55.3 Å². The summed E-state index contributed by atoms with van der Waals surface area (Å²) in [6.07, 6.45) is -1.47. The Labute approximate surface area is 196 Å². The lowest BCUT2D eigenvalue weighted by molar-refractivity contribution is -0.141. The summed E-state index contributed by atoms with van der Waals surface area (Å²) in [7, 11) is -2.41. The van der Waals surface area contributed by atoms with Crippen molar-refractivity contribution in [3.8, 4) is 11.4 Å². The SMILES string of the molecule is CCS(=O)(=O)c1nn2cc(C(=O)NOC(C)C)cnc2c1-c1nc2cc(C(F)(F)F)ncc2n1C. The van der Waals surface area contributed by atoms with E-state index in [0.29, 0.717) is 0 Å². The van der Waals surface area contributed by atoms with E-state index >= 15 is 0 Å². The molecule has 15 heteroatoms. The number of imidazole rings is 1. The number of carbonyl (C=O) groups is 1. The Balaban J connectivity index is 1.93. The number of halogens is 3. The van der Waals surface area contributed by atoms with Gasteiger partial charge in [0.15, 0.2) is 20.5 Å². The lowest BCUT2D eigenvalue weighted by Gasteiger charge is -2.08. The number of fused-ring (bicyclic) bond motifs is 2. The first-order valence-electron chi connectivity index (χ1n) is 10.3. The molecule has 0 unspecified atom stereocenters. The van der Waals surface area contributed by atoms with Crippen LogP contribution in [0.3, 0.4) is 0 Å². The number of hydrogen-bond donors (Lipinski definition) is 1. The topological polar surface area (TPSA) is 133 Å². The largest absolute Gasteiger partial charge is 0.433 e. The van der Waals surface area contributed by atoms with Gasteiger partial charge in [0, 0.05) is 19.4 Å². The predicted octanol–water partition coefficient (Wildman–Crippen LogP) is 2.56. The fourth-order valence-corrected chi connectivity index (χ4v) is 4.26. The molecule has 4 aromatic rings. The van der Waals surface area contributed by atoms with Gasteiger partial charge < -0.3 is 4.57 Å². The second-order valence-electron chi connectivity index (χ2n) is 7.84. The molecular formula is C20H20F3N7O4S. The van der Waals surface area contributed by atoms with E-state index in [9.17, 15) is 26.4 Å². The molecule has 0 atom stereocenters. The van der Waals surface area contributed by atoms with Crippen LogP contribution in [0.5, 0.6) is 0 Å². The number of sulfone groups is 1. The van der Waals surface area contributed by atoms with Crippen LogP contribution in [0.4, 0.5) is 13.2 Å². The molecule has 11 nitrogen and oxygen atoms in total. The van der Waals surface area contributed by atoms with Gasteiger partial charge in [-0.15, -0.1) is 0 Å². The number of amides is 1. The summed E-state index contributed by atoms with van der Waals surface area (Å²) >= 11 is 0. The van der Waals surface area contributed by atoms with Crippen LogP contribution in [0.25, 0.3) is 28.1 Å². The molecule has 0 spiro atoms. The highest BCUT2D eigenvalue weighted by Gasteiger charge is 2.34. The average molecular weight is 511 g/mol. The van der Waals surface area contributed by atoms with Crippen molar-refractivity contribution < 1.29 is 31.2 Å². The van der Waals surface area contributed by atoms with Gasteiger partial charge in [0.2, 0.25) is 0 Å². The second kappa shape index (κ2) is 8.57. The van der Waals surface area contributed by atoms with E-state index in [4.69, 9.17) is 4.84 Å². The van der Waals surface area contributed by atoms with E-state index in [1.54, 1.807) is 13.8 Å². The number of hydroxylamine groups is 1. The highest BCUT2D eigenvalue weighted by Crippen LogP contribution is 2.34. The van der Waals surface area contributed by atoms with Crippen LogP contribution in [-0.2, 0) is 27.9 Å². The van der Waals surface area contributed by atoms with Crippen molar-refractivity contribution in [2.75, 3.05) is 5.75 Å². The Hall–Kier alpha value is -3.59. The third-order valence-electron chi connectivity index (χ3n) is 5.05. The van der Waals surface area contributed by atoms with Crippen LogP contribution in [0, 0.1) is 0 Å². The third-order valence-corrected chi connectivity index (χ3v) is 6.68. The van der Waals surface area contributed by atoms with Crippen LogP contribution in [0.2, 0.25) is 0 Å². The van der Waals surface area contributed by atoms with Gasteiger partial charge in [-0.25, -0.2) is 33.4 Å². The number of hydrogen-bond acceptors (Lipinski definition) is 8. The zero-order chi connectivity index (χ0) is 25.7. The van der Waals surface area contributed by atoms with E-state index in [0.717, 1.165) is 16.8 Å². The van der Waals surface area contributed by atoms with Crippen molar-refractivity contribution in [3.05, 3.63) is 35.9 Å². The molecule has 0 saturated heterocycles. The average Bonchev–Trinajstić information content (AvgIpc) is 3.34. The lowest BCUT2D eigenvalue weighted by Crippen LogP contribution is -2.27. The molecule has 0 aliphatic heterocycles. The Morgan fingerprint density at radius 3 is 2.57 bits per heavy atom. The molecule has 0 radical (unpaired) electrons. The zero-order valence-corrected chi connectivity index (χ0v) is 19.8. The molecule has 186 valence electrons. The van der Waals surface area contributed by atoms with Gasteiger partial charge in [-0.05, 0) is 19.9 Å². The smallest absolute Gasteiger partial charge is 0.326 e. The molecule has 0 fully saturated rings. The number of alkyl halides is 3. The quantitative estimate of drug-likeness (QED) is 0.391. The van der Waals surface area contributed by atoms with E-state index in [-0.39, 0.29) is 50.5 Å². The van der Waals surface area contributed by atoms with E-state index in [2.05, 4.69) is 25.5 Å². The van der Waals surface area contributed by atoms with Crippen molar-refractivity contribution in [2.45, 2.75) is 38.1 Å². The summed E-state index contributed by atoms with van der Waals surface area (Å²) in [4.78, 5) is 29.3. The van der Waals surface area contributed by atoms with Gasteiger partial charge >= 0.3 is 6.18 Å². The molecular weight excluding hydrogens is 491 g/mol. The molecule has 0 aliphatic carbocycles. The number of aromatic nitrogens is 6. The summed E-state index contributed by atoms with van der Waals surface area (Å²) in [5.41, 5.74) is 1.40. The Kier molecular flexibility index (Phi) is 6.00. The number of pyridine rings is 1. The van der Waals surface area contributed by atoms with Crippen molar-refractivity contribution in [1.82, 2.24) is 34.6 Å². The monoisotopic (exact) mass is 511 g/mol. The number of rotatable bonds is 6. The molecule has 4 aromatic heterocycles. The van der Waals surface area contributed by atoms with Crippen LogP contribution in [0.15, 0.2) is 29.7 Å². The molecule has 4 heterocycles. The van der Waals surface area contributed by atoms with Crippen LogP contribution < -0.4 is 5.48 Å². The minimum Gasteiger partial charge on any atom is -0.326 e. The molecule has 1 N–H and O–H groups in total. The summed E-state index contributed by atoms with van der Waals surface area (Å²) in [6.45, 7) is 4.86. The van der Waals surface area contributed by atoms with E-state index < -0.39 is 27.6 Å². The van der Waals surface area contributed by atoms with Crippen molar-refractivity contribution >= 4 is 32.4 Å². The molecule has 35 heavy (non-hydrogen) atoms. The third kappa shape index (κ3) is 4.43. The maximum atomic E-state index is 13.1. The Morgan fingerprint density at radius 1 is 1.23 bits per heavy atom. The predicted molar refractivity (Wildman–Crippen MR) is 117 cm³/mol. The van der Waals surface area contributed by atoms with Crippen molar-refractivity contribution in [2.24, 2.45) is 7.05 Å². The number of nitrogens with one attached hydrogen (secondary N) is 1. The van der Waals surface area contributed by atoms with Gasteiger partial charge in [-0.1, -0.05) is 6.92 Å².